The predicted molar refractivity (Wildman–Crippen MR) is 82.7 cm³/mol. The molecule has 0 spiro atoms. The zero-order chi connectivity index (χ0) is 14.8. The zero-order valence-corrected chi connectivity index (χ0v) is 13.4. The van der Waals surface area contributed by atoms with Crippen molar-refractivity contribution in [3.63, 3.8) is 0 Å². The normalized spacial score (nSPS) is 52.7. The highest BCUT2D eigenvalue weighted by molar-refractivity contribution is 5.98. The summed E-state index contributed by atoms with van der Waals surface area (Å²) in [5, 5.41) is 10.4. The van der Waals surface area contributed by atoms with Crippen molar-refractivity contribution in [2.45, 2.75) is 71.3 Å². The Bertz CT molecular complexity index is 508. The first-order valence-electron chi connectivity index (χ1n) is 8.89. The minimum Gasteiger partial charge on any atom is -0.393 e. The topological polar surface area (TPSA) is 37.3 Å². The highest BCUT2D eigenvalue weighted by Crippen LogP contribution is 2.64. The van der Waals surface area contributed by atoms with Crippen LogP contribution >= 0.6 is 0 Å². The van der Waals surface area contributed by atoms with E-state index in [2.05, 4.69) is 19.9 Å². The molecule has 0 saturated heterocycles. The van der Waals surface area contributed by atoms with E-state index >= 15 is 0 Å². The molecular formula is C19H28O2. The minimum atomic E-state index is -0.144. The Labute approximate surface area is 128 Å². The van der Waals surface area contributed by atoms with Crippen molar-refractivity contribution >= 4 is 5.78 Å². The van der Waals surface area contributed by atoms with Crippen LogP contribution < -0.4 is 0 Å². The Hall–Kier alpha value is -0.630. The highest BCUT2D eigenvalue weighted by Gasteiger charge is 2.60. The fourth-order valence-electron chi connectivity index (χ4n) is 6.56. The van der Waals surface area contributed by atoms with Gasteiger partial charge in [-0.1, -0.05) is 19.9 Å². The molecule has 21 heavy (non-hydrogen) atoms. The quantitative estimate of drug-likeness (QED) is 0.734. The lowest BCUT2D eigenvalue weighted by Gasteiger charge is -2.57. The van der Waals surface area contributed by atoms with Gasteiger partial charge in [-0.2, -0.15) is 0 Å². The zero-order valence-electron chi connectivity index (χ0n) is 13.4. The Balaban J connectivity index is 1.74. The van der Waals surface area contributed by atoms with Crippen LogP contribution in [0.4, 0.5) is 0 Å². The van der Waals surface area contributed by atoms with Crippen molar-refractivity contribution in [1.29, 1.82) is 0 Å². The van der Waals surface area contributed by atoms with Crippen LogP contribution in [-0.4, -0.2) is 17.0 Å². The van der Waals surface area contributed by atoms with Gasteiger partial charge >= 0.3 is 0 Å². The van der Waals surface area contributed by atoms with Crippen molar-refractivity contribution in [2.75, 3.05) is 0 Å². The fraction of sp³-hybridized carbons (Fsp3) is 0.842. The van der Waals surface area contributed by atoms with Gasteiger partial charge in [0.05, 0.1) is 6.10 Å². The molecule has 6 atom stereocenters. The largest absolute Gasteiger partial charge is 0.393 e. The first kappa shape index (κ1) is 14.0. The van der Waals surface area contributed by atoms with Crippen molar-refractivity contribution in [1.82, 2.24) is 0 Å². The van der Waals surface area contributed by atoms with Gasteiger partial charge in [-0.05, 0) is 79.1 Å². The van der Waals surface area contributed by atoms with Crippen LogP contribution in [0.25, 0.3) is 0 Å². The van der Waals surface area contributed by atoms with Crippen molar-refractivity contribution in [3.8, 4) is 0 Å². The third-order valence-corrected chi connectivity index (χ3v) is 7.79. The molecule has 0 aromatic rings. The Morgan fingerprint density at radius 3 is 2.76 bits per heavy atom. The third-order valence-electron chi connectivity index (χ3n) is 7.79. The van der Waals surface area contributed by atoms with Crippen molar-refractivity contribution in [2.24, 2.45) is 28.6 Å². The molecule has 3 fully saturated rings. The lowest BCUT2D eigenvalue weighted by molar-refractivity contribution is -0.130. The molecule has 0 aliphatic heterocycles. The molecule has 2 nitrogen and oxygen atoms in total. The smallest absolute Gasteiger partial charge is 0.159 e. The maximum Gasteiger partial charge on any atom is 0.159 e. The van der Waals surface area contributed by atoms with E-state index in [-0.39, 0.29) is 16.9 Å². The van der Waals surface area contributed by atoms with E-state index in [9.17, 15) is 9.90 Å². The molecule has 0 amide bonds. The number of rotatable bonds is 0. The van der Waals surface area contributed by atoms with Crippen LogP contribution in [0, 0.1) is 28.6 Å². The van der Waals surface area contributed by atoms with Gasteiger partial charge in [0.1, 0.15) is 0 Å². The summed E-state index contributed by atoms with van der Waals surface area (Å²) in [5.74, 6) is 2.18. The maximum atomic E-state index is 12.7. The maximum absolute atomic E-state index is 12.7. The van der Waals surface area contributed by atoms with Crippen LogP contribution in [-0.2, 0) is 4.79 Å². The number of hydrogen-bond acceptors (Lipinski definition) is 2. The highest BCUT2D eigenvalue weighted by atomic mass is 16.3. The predicted octanol–water partition coefficient (Wildman–Crippen LogP) is 3.88. The molecule has 0 heterocycles. The van der Waals surface area contributed by atoms with Crippen LogP contribution in [0.5, 0.6) is 0 Å². The second-order valence-corrected chi connectivity index (χ2v) is 8.57. The van der Waals surface area contributed by atoms with Crippen molar-refractivity contribution in [3.05, 3.63) is 11.6 Å². The number of fused-ring (bicyclic) bond motifs is 5. The second kappa shape index (κ2) is 4.44. The van der Waals surface area contributed by atoms with Gasteiger partial charge in [0.2, 0.25) is 0 Å². The Morgan fingerprint density at radius 2 is 1.95 bits per heavy atom. The van der Waals surface area contributed by atoms with Gasteiger partial charge in [-0.25, -0.2) is 0 Å². The SMILES string of the molecule is C[C@]12CCCC=C1C(=O)C[C@@H]1[C@H]2CC[C@]2(C)C(O)CC[C@@H]12. The Morgan fingerprint density at radius 1 is 1.14 bits per heavy atom. The van der Waals surface area contributed by atoms with Gasteiger partial charge in [-0.15, -0.1) is 0 Å². The molecule has 0 bridgehead atoms. The van der Waals surface area contributed by atoms with Gasteiger partial charge in [-0.3, -0.25) is 4.79 Å². The molecule has 116 valence electrons. The van der Waals surface area contributed by atoms with Gasteiger partial charge < -0.3 is 5.11 Å². The molecule has 1 N–H and O–H groups in total. The minimum absolute atomic E-state index is 0.0771. The first-order chi connectivity index (χ1) is 9.97. The summed E-state index contributed by atoms with van der Waals surface area (Å²) in [6, 6.07) is 0. The molecule has 0 aromatic carbocycles. The molecular weight excluding hydrogens is 260 g/mol. The number of hydrogen-bond donors (Lipinski definition) is 1. The third kappa shape index (κ3) is 1.72. The van der Waals surface area contributed by atoms with E-state index < -0.39 is 0 Å². The van der Waals surface area contributed by atoms with Crippen LogP contribution in [0.3, 0.4) is 0 Å². The molecule has 1 unspecified atom stereocenters. The van der Waals surface area contributed by atoms with Gasteiger partial charge in [0.15, 0.2) is 5.78 Å². The first-order valence-corrected chi connectivity index (χ1v) is 8.89. The van der Waals surface area contributed by atoms with E-state index in [0.717, 1.165) is 37.7 Å². The molecule has 2 heteroatoms. The summed E-state index contributed by atoms with van der Waals surface area (Å²) in [5.41, 5.74) is 1.37. The summed E-state index contributed by atoms with van der Waals surface area (Å²) in [6.45, 7) is 4.64. The van der Waals surface area contributed by atoms with Gasteiger partial charge in [0, 0.05) is 6.42 Å². The standard InChI is InChI=1S/C19H28O2/c1-18-9-4-3-5-15(18)16(20)11-12-13-6-7-17(21)19(13,2)10-8-14(12)18/h5,12-14,17,21H,3-4,6-11H2,1-2H3/t12-,13-,14+,17?,18+,19-/m0/s1. The lowest BCUT2D eigenvalue weighted by atomic mass is 9.47. The molecule has 0 radical (unpaired) electrons. The number of allylic oxidation sites excluding steroid dienone is 2. The van der Waals surface area contributed by atoms with E-state index in [1.54, 1.807) is 0 Å². The van der Waals surface area contributed by atoms with Gasteiger partial charge in [0.25, 0.3) is 0 Å². The number of carbonyl (C=O) groups excluding carboxylic acids is 1. The molecule has 3 saturated carbocycles. The van der Waals surface area contributed by atoms with Crippen LogP contribution in [0.2, 0.25) is 0 Å². The average Bonchev–Trinajstić information content (AvgIpc) is 2.75. The summed E-state index contributed by atoms with van der Waals surface area (Å²) < 4.78 is 0. The summed E-state index contributed by atoms with van der Waals surface area (Å²) >= 11 is 0. The number of aliphatic hydroxyl groups excluding tert-OH is 1. The average molecular weight is 288 g/mol. The monoisotopic (exact) mass is 288 g/mol. The Kier molecular flexibility index (Phi) is 2.96. The molecule has 4 rings (SSSR count). The van der Waals surface area contributed by atoms with E-state index in [1.165, 1.54) is 19.3 Å². The second-order valence-electron chi connectivity index (χ2n) is 8.57. The number of carbonyl (C=O) groups is 1. The summed E-state index contributed by atoms with van der Waals surface area (Å²) in [7, 11) is 0. The van der Waals surface area contributed by atoms with Crippen LogP contribution in [0.15, 0.2) is 11.6 Å². The number of ketones is 1. The van der Waals surface area contributed by atoms with Crippen LogP contribution in [0.1, 0.15) is 65.2 Å². The molecule has 4 aliphatic rings. The molecule has 0 aromatic heterocycles. The number of aliphatic hydroxyl groups is 1. The fourth-order valence-corrected chi connectivity index (χ4v) is 6.56. The van der Waals surface area contributed by atoms with E-state index in [4.69, 9.17) is 0 Å². The van der Waals surface area contributed by atoms with Crippen molar-refractivity contribution < 1.29 is 9.90 Å². The summed E-state index contributed by atoms with van der Waals surface area (Å²) in [6.07, 6.45) is 10.8. The lowest BCUT2D eigenvalue weighted by Crippen LogP contribution is -2.53. The summed E-state index contributed by atoms with van der Waals surface area (Å²) in [4.78, 5) is 12.7. The molecule has 4 aliphatic carbocycles. The van der Waals surface area contributed by atoms with E-state index in [1.807, 2.05) is 0 Å². The van der Waals surface area contributed by atoms with E-state index in [0.29, 0.717) is 23.5 Å². The number of Topliss-reactive ketones (excluding diaryl/α,β-unsaturated/α-hetero) is 1.